The third kappa shape index (κ3) is 0.755. The molecule has 1 saturated carbocycles. The fourth-order valence-corrected chi connectivity index (χ4v) is 2.39. The van der Waals surface area contributed by atoms with Crippen LogP contribution in [-0.4, -0.2) is 5.78 Å². The van der Waals surface area contributed by atoms with E-state index in [2.05, 4.69) is 0 Å². The van der Waals surface area contributed by atoms with Gasteiger partial charge in [0.2, 0.25) is 0 Å². The van der Waals surface area contributed by atoms with E-state index in [4.69, 9.17) is 5.73 Å². The van der Waals surface area contributed by atoms with Crippen LogP contribution in [-0.2, 0) is 16.6 Å². The minimum atomic E-state index is -0.0664. The van der Waals surface area contributed by atoms with Crippen molar-refractivity contribution in [3.63, 3.8) is 0 Å². The van der Waals surface area contributed by atoms with Gasteiger partial charge in [0.15, 0.2) is 0 Å². The quantitative estimate of drug-likeness (QED) is 0.603. The lowest BCUT2D eigenvalue weighted by Gasteiger charge is -2.05. The Kier molecular flexibility index (Phi) is 1.07. The topological polar surface area (TPSA) is 43.1 Å². The molecule has 13 heavy (non-hydrogen) atoms. The summed E-state index contributed by atoms with van der Waals surface area (Å²) in [5, 5.41) is 0. The molecule has 1 spiro atoms. The molecule has 2 nitrogen and oxygen atoms in total. The molecule has 0 aliphatic heterocycles. The van der Waals surface area contributed by atoms with Crippen molar-refractivity contribution in [1.29, 1.82) is 0 Å². The number of rotatable bonds is 0. The lowest BCUT2D eigenvalue weighted by molar-refractivity contribution is -0.119. The Hall–Kier alpha value is -1.31. The van der Waals surface area contributed by atoms with Crippen molar-refractivity contribution in [2.45, 2.75) is 24.7 Å². The number of Topliss-reactive ketones (excluding diaryl/α,β-unsaturated/α-hetero) is 1. The summed E-state index contributed by atoms with van der Waals surface area (Å²) in [6.07, 6.45) is 2.69. The van der Waals surface area contributed by atoms with Gasteiger partial charge in [0.05, 0.1) is 5.41 Å². The number of hydrogen-bond donors (Lipinski definition) is 1. The zero-order valence-corrected chi connectivity index (χ0v) is 7.34. The maximum Gasteiger partial charge on any atom is 0.147 e. The summed E-state index contributed by atoms with van der Waals surface area (Å²) in [4.78, 5) is 11.7. The van der Waals surface area contributed by atoms with Gasteiger partial charge in [0.1, 0.15) is 5.78 Å². The number of fused-ring (bicyclic) bond motifs is 2. The van der Waals surface area contributed by atoms with Crippen molar-refractivity contribution in [2.75, 3.05) is 5.73 Å². The Morgan fingerprint density at radius 2 is 2.08 bits per heavy atom. The largest absolute Gasteiger partial charge is 0.399 e. The van der Waals surface area contributed by atoms with E-state index in [1.54, 1.807) is 0 Å². The molecule has 1 aromatic carbocycles. The van der Waals surface area contributed by atoms with Gasteiger partial charge in [-0.3, -0.25) is 4.79 Å². The summed E-state index contributed by atoms with van der Waals surface area (Å²) in [7, 11) is 0. The average molecular weight is 173 g/mol. The third-order valence-electron chi connectivity index (χ3n) is 3.28. The number of ketones is 1. The van der Waals surface area contributed by atoms with Crippen LogP contribution >= 0.6 is 0 Å². The molecule has 3 rings (SSSR count). The van der Waals surface area contributed by atoms with Gasteiger partial charge >= 0.3 is 0 Å². The minimum Gasteiger partial charge on any atom is -0.399 e. The first-order chi connectivity index (χ1) is 6.22. The molecular formula is C11H11NO. The fraction of sp³-hybridized carbons (Fsp3) is 0.364. The maximum absolute atomic E-state index is 11.7. The second kappa shape index (κ2) is 1.95. The van der Waals surface area contributed by atoms with E-state index in [-0.39, 0.29) is 5.41 Å². The van der Waals surface area contributed by atoms with Crippen LogP contribution in [0, 0.1) is 0 Å². The zero-order valence-electron chi connectivity index (χ0n) is 7.34. The first-order valence-corrected chi connectivity index (χ1v) is 4.65. The van der Waals surface area contributed by atoms with E-state index in [1.165, 1.54) is 5.56 Å². The number of nitrogens with two attached hydrogens (primary N) is 1. The van der Waals surface area contributed by atoms with Gasteiger partial charge in [-0.15, -0.1) is 0 Å². The minimum absolute atomic E-state index is 0.0664. The fourth-order valence-electron chi connectivity index (χ4n) is 2.39. The summed E-state index contributed by atoms with van der Waals surface area (Å²) in [6, 6.07) is 5.88. The van der Waals surface area contributed by atoms with Crippen LogP contribution in [0.2, 0.25) is 0 Å². The van der Waals surface area contributed by atoms with Gasteiger partial charge in [-0.25, -0.2) is 0 Å². The lowest BCUT2D eigenvalue weighted by atomic mass is 9.98. The number of anilines is 1. The van der Waals surface area contributed by atoms with E-state index in [0.29, 0.717) is 12.2 Å². The van der Waals surface area contributed by atoms with E-state index in [0.717, 1.165) is 24.1 Å². The molecule has 0 unspecified atom stereocenters. The molecular weight excluding hydrogens is 162 g/mol. The van der Waals surface area contributed by atoms with Gasteiger partial charge in [-0.1, -0.05) is 6.07 Å². The highest BCUT2D eigenvalue weighted by molar-refractivity contribution is 5.99. The SMILES string of the molecule is Nc1ccc2c(c1)CC(=O)C21CC1. The number of hydrogen-bond acceptors (Lipinski definition) is 2. The predicted molar refractivity (Wildman–Crippen MR) is 50.5 cm³/mol. The summed E-state index contributed by atoms with van der Waals surface area (Å²) in [5.74, 6) is 0.396. The summed E-state index contributed by atoms with van der Waals surface area (Å²) in [5.41, 5.74) is 8.77. The van der Waals surface area contributed by atoms with Gasteiger partial charge in [0.25, 0.3) is 0 Å². The van der Waals surface area contributed by atoms with Crippen molar-refractivity contribution >= 4 is 11.5 Å². The van der Waals surface area contributed by atoms with Gasteiger partial charge in [-0.05, 0) is 36.1 Å². The molecule has 0 amide bonds. The van der Waals surface area contributed by atoms with Crippen molar-refractivity contribution in [3.05, 3.63) is 29.3 Å². The molecule has 2 aliphatic carbocycles. The molecule has 0 radical (unpaired) electrons. The zero-order chi connectivity index (χ0) is 9.05. The highest BCUT2D eigenvalue weighted by atomic mass is 16.1. The molecule has 0 heterocycles. The summed E-state index contributed by atoms with van der Waals surface area (Å²) < 4.78 is 0. The first-order valence-electron chi connectivity index (χ1n) is 4.65. The van der Waals surface area contributed by atoms with Gasteiger partial charge in [0, 0.05) is 12.1 Å². The molecule has 0 atom stereocenters. The Morgan fingerprint density at radius 1 is 1.31 bits per heavy atom. The highest BCUT2D eigenvalue weighted by Crippen LogP contribution is 2.54. The normalized spacial score (nSPS) is 22.0. The molecule has 2 N–H and O–H groups in total. The number of benzene rings is 1. The van der Waals surface area contributed by atoms with Crippen molar-refractivity contribution in [1.82, 2.24) is 0 Å². The molecule has 2 heteroatoms. The number of nitrogen functional groups attached to an aromatic ring is 1. The smallest absolute Gasteiger partial charge is 0.147 e. The highest BCUT2D eigenvalue weighted by Gasteiger charge is 2.55. The van der Waals surface area contributed by atoms with Crippen LogP contribution in [0.4, 0.5) is 5.69 Å². The molecule has 66 valence electrons. The van der Waals surface area contributed by atoms with E-state index in [9.17, 15) is 4.79 Å². The van der Waals surface area contributed by atoms with E-state index >= 15 is 0 Å². The molecule has 0 aromatic heterocycles. The number of carbonyl (C=O) groups excluding carboxylic acids is 1. The number of carbonyl (C=O) groups is 1. The van der Waals surface area contributed by atoms with Gasteiger partial charge in [-0.2, -0.15) is 0 Å². The van der Waals surface area contributed by atoms with Crippen molar-refractivity contribution in [3.8, 4) is 0 Å². The summed E-state index contributed by atoms with van der Waals surface area (Å²) in [6.45, 7) is 0. The predicted octanol–water partition coefficient (Wildman–Crippen LogP) is 1.43. The lowest BCUT2D eigenvalue weighted by Crippen LogP contribution is -2.13. The monoisotopic (exact) mass is 173 g/mol. The Morgan fingerprint density at radius 3 is 2.77 bits per heavy atom. The first kappa shape index (κ1) is 7.13. The Labute approximate surface area is 76.7 Å². The van der Waals surface area contributed by atoms with E-state index < -0.39 is 0 Å². The maximum atomic E-state index is 11.7. The molecule has 2 aliphatic rings. The second-order valence-electron chi connectivity index (χ2n) is 4.10. The molecule has 0 saturated heterocycles. The molecule has 1 aromatic rings. The standard InChI is InChI=1S/C11H11NO/c12-8-1-2-9-7(5-8)6-10(13)11(9)3-4-11/h1-2,5H,3-4,6,12H2. The van der Waals surface area contributed by atoms with Crippen LogP contribution in [0.1, 0.15) is 24.0 Å². The van der Waals surface area contributed by atoms with Crippen molar-refractivity contribution in [2.24, 2.45) is 0 Å². The molecule has 0 bridgehead atoms. The van der Waals surface area contributed by atoms with Crippen LogP contribution in [0.5, 0.6) is 0 Å². The van der Waals surface area contributed by atoms with Crippen LogP contribution in [0.25, 0.3) is 0 Å². The van der Waals surface area contributed by atoms with Crippen LogP contribution in [0.15, 0.2) is 18.2 Å². The Balaban J connectivity index is 2.22. The van der Waals surface area contributed by atoms with Crippen LogP contribution in [0.3, 0.4) is 0 Å². The van der Waals surface area contributed by atoms with Crippen LogP contribution < -0.4 is 5.73 Å². The Bertz CT molecular complexity index is 405. The van der Waals surface area contributed by atoms with E-state index in [1.807, 2.05) is 18.2 Å². The second-order valence-corrected chi connectivity index (χ2v) is 4.10. The average Bonchev–Trinajstić information content (AvgIpc) is 2.80. The third-order valence-corrected chi connectivity index (χ3v) is 3.28. The summed E-state index contributed by atoms with van der Waals surface area (Å²) >= 11 is 0. The molecule has 1 fully saturated rings. The van der Waals surface area contributed by atoms with Gasteiger partial charge < -0.3 is 5.73 Å². The van der Waals surface area contributed by atoms with Crippen molar-refractivity contribution < 1.29 is 4.79 Å².